The van der Waals surface area contributed by atoms with Crippen LogP contribution in [0.1, 0.15) is 27.7 Å². The van der Waals surface area contributed by atoms with Crippen LogP contribution in [0.15, 0.2) is 12.2 Å². The molecule has 0 radical (unpaired) electrons. The van der Waals surface area contributed by atoms with E-state index in [0.29, 0.717) is 5.57 Å². The van der Waals surface area contributed by atoms with Crippen LogP contribution in [0.25, 0.3) is 0 Å². The van der Waals surface area contributed by atoms with E-state index in [-0.39, 0.29) is 24.4 Å². The molecule has 98 valence electrons. The second-order valence-electron chi connectivity index (χ2n) is 4.72. The highest BCUT2D eigenvalue weighted by Gasteiger charge is 2.28. The molecular formula is C11H23BN2O3. The molecular weight excluding hydrogens is 219 g/mol. The van der Waals surface area contributed by atoms with E-state index >= 15 is 0 Å². The number of carbonyl (C=O) groups is 1. The molecule has 0 bridgehead atoms. The second kappa shape index (κ2) is 7.47. The van der Waals surface area contributed by atoms with Gasteiger partial charge in [0.1, 0.15) is 0 Å². The molecule has 0 aromatic carbocycles. The fourth-order valence-electron chi connectivity index (χ4n) is 1.24. The van der Waals surface area contributed by atoms with Gasteiger partial charge in [0.15, 0.2) is 0 Å². The molecule has 0 saturated carbocycles. The standard InChI is InChI=1S/C11H23BN2O3/c1-7(2)9(5)11(12(16)17)14-10(15)6-13-8(3)4/h7-8,11,13,16-17H,5-6H2,1-4H3,(H,14,15)/t11-/m0/s1. The predicted octanol–water partition coefficient (Wildman–Crippen LogP) is -0.307. The minimum atomic E-state index is -1.63. The Morgan fingerprint density at radius 1 is 1.29 bits per heavy atom. The van der Waals surface area contributed by atoms with Crippen LogP contribution in [0.2, 0.25) is 0 Å². The van der Waals surface area contributed by atoms with Gasteiger partial charge in [-0.25, -0.2) is 0 Å². The van der Waals surface area contributed by atoms with Crippen molar-refractivity contribution in [2.24, 2.45) is 5.92 Å². The highest BCUT2D eigenvalue weighted by molar-refractivity contribution is 6.44. The molecule has 0 aliphatic heterocycles. The summed E-state index contributed by atoms with van der Waals surface area (Å²) in [5.41, 5.74) is 0.595. The SMILES string of the molecule is C=C(C(C)C)[C@H](NC(=O)CNC(C)C)B(O)O. The molecule has 0 aliphatic rings. The van der Waals surface area contributed by atoms with Crippen LogP contribution in [-0.4, -0.2) is 41.6 Å². The molecule has 0 fully saturated rings. The third kappa shape index (κ3) is 6.46. The van der Waals surface area contributed by atoms with E-state index in [2.05, 4.69) is 17.2 Å². The zero-order chi connectivity index (χ0) is 13.6. The number of carbonyl (C=O) groups excluding carboxylic acids is 1. The lowest BCUT2D eigenvalue weighted by Gasteiger charge is -2.23. The van der Waals surface area contributed by atoms with Gasteiger partial charge in [-0.1, -0.05) is 39.8 Å². The zero-order valence-electron chi connectivity index (χ0n) is 11.0. The van der Waals surface area contributed by atoms with Crippen LogP contribution in [0.4, 0.5) is 0 Å². The first-order valence-corrected chi connectivity index (χ1v) is 5.83. The van der Waals surface area contributed by atoms with E-state index in [1.165, 1.54) is 0 Å². The Morgan fingerprint density at radius 3 is 2.18 bits per heavy atom. The topological polar surface area (TPSA) is 81.6 Å². The van der Waals surface area contributed by atoms with E-state index in [1.807, 2.05) is 27.7 Å². The summed E-state index contributed by atoms with van der Waals surface area (Å²) in [6.45, 7) is 11.5. The number of amides is 1. The van der Waals surface area contributed by atoms with Gasteiger partial charge in [0.25, 0.3) is 0 Å². The first-order chi connectivity index (χ1) is 7.75. The van der Waals surface area contributed by atoms with E-state index in [9.17, 15) is 14.8 Å². The highest BCUT2D eigenvalue weighted by Crippen LogP contribution is 2.12. The van der Waals surface area contributed by atoms with Crippen LogP contribution < -0.4 is 10.6 Å². The lowest BCUT2D eigenvalue weighted by molar-refractivity contribution is -0.120. The Kier molecular flexibility index (Phi) is 7.10. The van der Waals surface area contributed by atoms with E-state index in [4.69, 9.17) is 0 Å². The van der Waals surface area contributed by atoms with Crippen molar-refractivity contribution in [3.05, 3.63) is 12.2 Å². The minimum absolute atomic E-state index is 0.0696. The van der Waals surface area contributed by atoms with Gasteiger partial charge < -0.3 is 20.7 Å². The van der Waals surface area contributed by atoms with Crippen molar-refractivity contribution in [3.8, 4) is 0 Å². The largest absolute Gasteiger partial charge is 0.479 e. The van der Waals surface area contributed by atoms with Crippen molar-refractivity contribution in [1.29, 1.82) is 0 Å². The Balaban J connectivity index is 4.36. The molecule has 0 aromatic rings. The van der Waals surface area contributed by atoms with E-state index in [0.717, 1.165) is 0 Å². The van der Waals surface area contributed by atoms with Gasteiger partial charge in [0.05, 0.1) is 12.5 Å². The number of nitrogens with one attached hydrogen (secondary N) is 2. The Labute approximate surface area is 103 Å². The molecule has 6 heteroatoms. The average molecular weight is 242 g/mol. The fourth-order valence-corrected chi connectivity index (χ4v) is 1.24. The summed E-state index contributed by atoms with van der Waals surface area (Å²) < 4.78 is 0. The molecule has 0 aromatic heterocycles. The third-order valence-corrected chi connectivity index (χ3v) is 2.43. The Hall–Kier alpha value is -0.845. The lowest BCUT2D eigenvalue weighted by Crippen LogP contribution is -2.51. The predicted molar refractivity (Wildman–Crippen MR) is 69.2 cm³/mol. The molecule has 0 heterocycles. The molecule has 1 atom stereocenters. The van der Waals surface area contributed by atoms with Gasteiger partial charge >= 0.3 is 7.12 Å². The molecule has 0 saturated heterocycles. The second-order valence-corrected chi connectivity index (χ2v) is 4.72. The zero-order valence-corrected chi connectivity index (χ0v) is 11.0. The van der Waals surface area contributed by atoms with E-state index < -0.39 is 13.1 Å². The monoisotopic (exact) mass is 242 g/mol. The molecule has 0 aliphatic carbocycles. The van der Waals surface area contributed by atoms with Gasteiger partial charge in [-0.15, -0.1) is 0 Å². The maximum Gasteiger partial charge on any atom is 0.479 e. The third-order valence-electron chi connectivity index (χ3n) is 2.43. The number of rotatable bonds is 7. The Bertz CT molecular complexity index is 267. The first kappa shape index (κ1) is 16.2. The van der Waals surface area contributed by atoms with Gasteiger partial charge in [-0.3, -0.25) is 4.79 Å². The molecule has 0 rings (SSSR count). The summed E-state index contributed by atoms with van der Waals surface area (Å²) in [7, 11) is -1.63. The normalized spacial score (nSPS) is 12.7. The summed E-state index contributed by atoms with van der Waals surface area (Å²) >= 11 is 0. The lowest BCUT2D eigenvalue weighted by atomic mass is 9.72. The number of hydrogen-bond acceptors (Lipinski definition) is 4. The van der Waals surface area contributed by atoms with Crippen molar-refractivity contribution in [2.45, 2.75) is 39.7 Å². The smallest absolute Gasteiger partial charge is 0.426 e. The van der Waals surface area contributed by atoms with Crippen LogP contribution in [0, 0.1) is 5.92 Å². The molecule has 0 spiro atoms. The molecule has 17 heavy (non-hydrogen) atoms. The fraction of sp³-hybridized carbons (Fsp3) is 0.727. The quantitative estimate of drug-likeness (QED) is 0.365. The first-order valence-electron chi connectivity index (χ1n) is 5.83. The summed E-state index contributed by atoms with van der Waals surface area (Å²) in [6.07, 6.45) is 0. The van der Waals surface area contributed by atoms with Crippen molar-refractivity contribution >= 4 is 13.0 Å². The van der Waals surface area contributed by atoms with Crippen LogP contribution >= 0.6 is 0 Å². The van der Waals surface area contributed by atoms with Crippen molar-refractivity contribution in [2.75, 3.05) is 6.54 Å². The minimum Gasteiger partial charge on any atom is -0.426 e. The Morgan fingerprint density at radius 2 is 1.82 bits per heavy atom. The molecule has 1 amide bonds. The summed E-state index contributed by atoms with van der Waals surface area (Å²) in [6, 6.07) is 0.201. The maximum atomic E-state index is 11.6. The average Bonchev–Trinajstić information content (AvgIpc) is 2.21. The van der Waals surface area contributed by atoms with Crippen molar-refractivity contribution in [1.82, 2.24) is 10.6 Å². The van der Waals surface area contributed by atoms with Gasteiger partial charge in [-0.05, 0) is 5.92 Å². The maximum absolute atomic E-state index is 11.6. The van der Waals surface area contributed by atoms with Gasteiger partial charge in [0.2, 0.25) is 5.91 Å². The molecule has 4 N–H and O–H groups in total. The summed E-state index contributed by atoms with van der Waals surface area (Å²) in [5, 5.41) is 23.9. The van der Waals surface area contributed by atoms with Crippen molar-refractivity contribution in [3.63, 3.8) is 0 Å². The van der Waals surface area contributed by atoms with Crippen LogP contribution in [-0.2, 0) is 4.79 Å². The highest BCUT2D eigenvalue weighted by atomic mass is 16.4. The van der Waals surface area contributed by atoms with Crippen molar-refractivity contribution < 1.29 is 14.8 Å². The number of hydrogen-bond donors (Lipinski definition) is 4. The molecule has 5 nitrogen and oxygen atoms in total. The van der Waals surface area contributed by atoms with Crippen LogP contribution in [0.5, 0.6) is 0 Å². The van der Waals surface area contributed by atoms with Gasteiger partial charge in [0, 0.05) is 6.04 Å². The summed E-state index contributed by atoms with van der Waals surface area (Å²) in [5.74, 6) is -1.03. The molecule has 0 unspecified atom stereocenters. The van der Waals surface area contributed by atoms with E-state index in [1.54, 1.807) is 0 Å². The van der Waals surface area contributed by atoms with Crippen LogP contribution in [0.3, 0.4) is 0 Å². The van der Waals surface area contributed by atoms with Gasteiger partial charge in [-0.2, -0.15) is 0 Å². The summed E-state index contributed by atoms with van der Waals surface area (Å²) in [4.78, 5) is 11.6.